The average Bonchev–Trinajstić information content (AvgIpc) is 2.84. The predicted molar refractivity (Wildman–Crippen MR) is 73.2 cm³/mol. The molecule has 0 radical (unpaired) electrons. The molecule has 1 heterocycles. The van der Waals surface area contributed by atoms with Crippen LogP contribution in [0.25, 0.3) is 0 Å². The monoisotopic (exact) mass is 308 g/mol. The minimum absolute atomic E-state index is 0.112. The summed E-state index contributed by atoms with van der Waals surface area (Å²) in [6.07, 6.45) is 2.15. The Morgan fingerprint density at radius 1 is 1.43 bits per heavy atom. The van der Waals surface area contributed by atoms with Gasteiger partial charge < -0.3 is 0 Å². The summed E-state index contributed by atoms with van der Waals surface area (Å²) in [7, 11) is -2.17. The van der Waals surface area contributed by atoms with Gasteiger partial charge in [0.1, 0.15) is 22.3 Å². The van der Waals surface area contributed by atoms with Crippen LogP contribution in [-0.4, -0.2) is 24.7 Å². The molecule has 0 aliphatic heterocycles. The molecular formula is C13H13FN4O2S. The summed E-state index contributed by atoms with van der Waals surface area (Å²) in [4.78, 5) is -0.356. The van der Waals surface area contributed by atoms with E-state index in [1.54, 1.807) is 30.1 Å². The third-order valence-corrected chi connectivity index (χ3v) is 4.32. The van der Waals surface area contributed by atoms with Gasteiger partial charge in [-0.05, 0) is 18.2 Å². The highest BCUT2D eigenvalue weighted by molar-refractivity contribution is 7.89. The highest BCUT2D eigenvalue weighted by Crippen LogP contribution is 2.17. The number of nitrogens with one attached hydrogen (secondary N) is 1. The molecule has 0 saturated carbocycles. The van der Waals surface area contributed by atoms with Crippen molar-refractivity contribution in [3.05, 3.63) is 47.5 Å². The van der Waals surface area contributed by atoms with Crippen LogP contribution in [0.5, 0.6) is 0 Å². The van der Waals surface area contributed by atoms with Crippen molar-refractivity contribution in [1.29, 1.82) is 5.26 Å². The number of aromatic nitrogens is 2. The lowest BCUT2D eigenvalue weighted by molar-refractivity contribution is 0.576. The second kappa shape index (κ2) is 6.03. The van der Waals surface area contributed by atoms with Gasteiger partial charge in [0.15, 0.2) is 0 Å². The third-order valence-electron chi connectivity index (χ3n) is 2.82. The van der Waals surface area contributed by atoms with Crippen LogP contribution in [0.2, 0.25) is 0 Å². The molecule has 1 aromatic heterocycles. The van der Waals surface area contributed by atoms with Gasteiger partial charge >= 0.3 is 0 Å². The van der Waals surface area contributed by atoms with Crippen LogP contribution < -0.4 is 4.72 Å². The van der Waals surface area contributed by atoms with Gasteiger partial charge in [0.2, 0.25) is 10.0 Å². The Bertz CT molecular complexity index is 793. The Morgan fingerprint density at radius 3 is 2.81 bits per heavy atom. The molecule has 0 saturated heterocycles. The molecule has 6 nitrogen and oxygen atoms in total. The number of nitriles is 1. The van der Waals surface area contributed by atoms with E-state index >= 15 is 0 Å². The van der Waals surface area contributed by atoms with E-state index in [2.05, 4.69) is 9.82 Å². The van der Waals surface area contributed by atoms with E-state index in [9.17, 15) is 12.8 Å². The molecule has 2 rings (SSSR count). The number of hydrogen-bond donors (Lipinski definition) is 1. The maximum atomic E-state index is 13.4. The van der Waals surface area contributed by atoms with Crippen LogP contribution in [0.3, 0.4) is 0 Å². The lowest BCUT2D eigenvalue weighted by Crippen LogP contribution is -2.27. The van der Waals surface area contributed by atoms with Crippen molar-refractivity contribution in [2.45, 2.75) is 11.3 Å². The van der Waals surface area contributed by atoms with Crippen LogP contribution >= 0.6 is 0 Å². The first-order valence-electron chi connectivity index (χ1n) is 6.11. The maximum Gasteiger partial charge on any atom is 0.242 e. The van der Waals surface area contributed by atoms with Gasteiger partial charge in [-0.2, -0.15) is 10.4 Å². The van der Waals surface area contributed by atoms with E-state index in [0.29, 0.717) is 6.42 Å². The van der Waals surface area contributed by atoms with Crippen LogP contribution in [-0.2, 0) is 23.5 Å². The number of benzene rings is 1. The molecule has 0 unspecified atom stereocenters. The first kappa shape index (κ1) is 15.2. The van der Waals surface area contributed by atoms with Crippen LogP contribution in [0, 0.1) is 17.1 Å². The zero-order valence-electron chi connectivity index (χ0n) is 11.2. The average molecular weight is 308 g/mol. The first-order chi connectivity index (χ1) is 9.94. The molecule has 2 aromatic rings. The number of halogens is 1. The molecule has 1 N–H and O–H groups in total. The van der Waals surface area contributed by atoms with Gasteiger partial charge in [-0.15, -0.1) is 0 Å². The molecule has 0 atom stereocenters. The fraction of sp³-hybridized carbons (Fsp3) is 0.231. The van der Waals surface area contributed by atoms with E-state index in [1.165, 1.54) is 12.1 Å². The molecule has 0 spiro atoms. The molecule has 0 aliphatic rings. The Balaban J connectivity index is 2.12. The van der Waals surface area contributed by atoms with Crippen molar-refractivity contribution in [3.63, 3.8) is 0 Å². The smallest absolute Gasteiger partial charge is 0.242 e. The largest absolute Gasteiger partial charge is 0.276 e. The fourth-order valence-corrected chi connectivity index (χ4v) is 3.02. The molecule has 1 aromatic carbocycles. The molecule has 21 heavy (non-hydrogen) atoms. The zero-order valence-corrected chi connectivity index (χ0v) is 12.1. The molecule has 0 bridgehead atoms. The number of nitrogens with zero attached hydrogens (tertiary/aromatic N) is 3. The van der Waals surface area contributed by atoms with E-state index in [0.717, 1.165) is 11.8 Å². The van der Waals surface area contributed by atoms with E-state index in [4.69, 9.17) is 5.26 Å². The second-order valence-corrected chi connectivity index (χ2v) is 6.09. The predicted octanol–water partition coefficient (Wildman–Crippen LogP) is 0.952. The van der Waals surface area contributed by atoms with Gasteiger partial charge in [0, 0.05) is 26.2 Å². The minimum Gasteiger partial charge on any atom is -0.276 e. The summed E-state index contributed by atoms with van der Waals surface area (Å²) >= 11 is 0. The van der Waals surface area contributed by atoms with E-state index in [1.807, 2.05) is 0 Å². The number of rotatable bonds is 5. The normalized spacial score (nSPS) is 11.3. The van der Waals surface area contributed by atoms with Crippen LogP contribution in [0.4, 0.5) is 4.39 Å². The van der Waals surface area contributed by atoms with Crippen molar-refractivity contribution in [2.75, 3.05) is 6.54 Å². The second-order valence-electron chi connectivity index (χ2n) is 4.35. The Morgan fingerprint density at radius 2 is 2.19 bits per heavy atom. The first-order valence-corrected chi connectivity index (χ1v) is 7.59. The number of aryl methyl sites for hydroxylation is 1. The Hall–Kier alpha value is -2.24. The summed E-state index contributed by atoms with van der Waals surface area (Å²) in [5.74, 6) is -0.856. The summed E-state index contributed by atoms with van der Waals surface area (Å²) in [5.41, 5.74) is 0.253. The highest BCUT2D eigenvalue weighted by atomic mass is 32.2. The van der Waals surface area contributed by atoms with E-state index < -0.39 is 21.4 Å². The minimum atomic E-state index is -3.94. The van der Waals surface area contributed by atoms with Crippen molar-refractivity contribution in [3.8, 4) is 6.07 Å². The van der Waals surface area contributed by atoms with E-state index in [-0.39, 0.29) is 11.4 Å². The summed E-state index contributed by atoms with van der Waals surface area (Å²) in [6, 6.07) is 6.85. The van der Waals surface area contributed by atoms with Gasteiger partial charge in [0.25, 0.3) is 0 Å². The maximum absolute atomic E-state index is 13.4. The molecule has 0 fully saturated rings. The number of hydrogen-bond acceptors (Lipinski definition) is 4. The van der Waals surface area contributed by atoms with Gasteiger partial charge in [0.05, 0.1) is 5.69 Å². The lowest BCUT2D eigenvalue weighted by atomic mass is 10.2. The standard InChI is InChI=1S/C13H13FN4O2S/c1-18-8-6-10(17-18)5-7-16-21(19,20)13-4-2-3-12(14)11(13)9-15/h2-4,6,8,16H,5,7H2,1H3. The summed E-state index contributed by atoms with van der Waals surface area (Å²) in [5, 5.41) is 13.0. The van der Waals surface area contributed by atoms with Crippen LogP contribution in [0.15, 0.2) is 35.4 Å². The van der Waals surface area contributed by atoms with Crippen molar-refractivity contribution in [2.24, 2.45) is 7.05 Å². The SMILES string of the molecule is Cn1ccc(CCNS(=O)(=O)c2cccc(F)c2C#N)n1. The third kappa shape index (κ3) is 3.45. The van der Waals surface area contributed by atoms with Crippen molar-refractivity contribution >= 4 is 10.0 Å². The molecule has 8 heteroatoms. The van der Waals surface area contributed by atoms with Gasteiger partial charge in [-0.3, -0.25) is 4.68 Å². The van der Waals surface area contributed by atoms with Crippen molar-refractivity contribution < 1.29 is 12.8 Å². The van der Waals surface area contributed by atoms with Gasteiger partial charge in [-0.25, -0.2) is 17.5 Å². The molecule has 0 aliphatic carbocycles. The molecule has 110 valence electrons. The Labute approximate surface area is 121 Å². The lowest BCUT2D eigenvalue weighted by Gasteiger charge is -2.07. The topological polar surface area (TPSA) is 87.8 Å². The summed E-state index contributed by atoms with van der Waals surface area (Å²) < 4.78 is 41.6. The summed E-state index contributed by atoms with van der Waals surface area (Å²) in [6.45, 7) is 0.112. The Kier molecular flexibility index (Phi) is 4.35. The quantitative estimate of drug-likeness (QED) is 0.891. The molecule has 0 amide bonds. The number of sulfonamides is 1. The zero-order chi connectivity index (χ0) is 15.5. The molecular weight excluding hydrogens is 295 g/mol. The van der Waals surface area contributed by atoms with Crippen molar-refractivity contribution in [1.82, 2.24) is 14.5 Å². The van der Waals surface area contributed by atoms with Gasteiger partial charge in [-0.1, -0.05) is 6.07 Å². The highest BCUT2D eigenvalue weighted by Gasteiger charge is 2.20. The fourth-order valence-electron chi connectivity index (χ4n) is 1.82. The van der Waals surface area contributed by atoms with Crippen LogP contribution in [0.1, 0.15) is 11.3 Å².